The molecule has 0 atom stereocenters. The first-order chi connectivity index (χ1) is 11.5. The highest BCUT2D eigenvalue weighted by Crippen LogP contribution is 2.39. The fraction of sp³-hybridized carbons (Fsp3) is 0.0588. The lowest BCUT2D eigenvalue weighted by Gasteiger charge is -2.17. The number of carboxylic acid groups (broad SMARTS) is 1. The highest BCUT2D eigenvalue weighted by Gasteiger charge is 2.17. The molecule has 24 heavy (non-hydrogen) atoms. The summed E-state index contributed by atoms with van der Waals surface area (Å²) in [5.74, 6) is -0.279. The zero-order valence-corrected chi connectivity index (χ0v) is 14.6. The van der Waals surface area contributed by atoms with Crippen LogP contribution in [0.4, 0.5) is 5.69 Å². The average molecular weight is 379 g/mol. The SMILES string of the molecule is O=C(O)c1cccc(N/N=C/C2=C(Cl)c3cc(Cl)ccc3SC2)c1. The Kier molecular flexibility index (Phi) is 5.14. The molecule has 0 amide bonds. The highest BCUT2D eigenvalue weighted by atomic mass is 35.5. The quantitative estimate of drug-likeness (QED) is 0.567. The molecule has 0 fully saturated rings. The Labute approximate surface area is 153 Å². The van der Waals surface area contributed by atoms with Crippen molar-refractivity contribution in [2.75, 3.05) is 11.2 Å². The maximum atomic E-state index is 11.0. The molecule has 0 aliphatic carbocycles. The lowest BCUT2D eigenvalue weighted by atomic mass is 10.1. The van der Waals surface area contributed by atoms with Gasteiger partial charge in [0.25, 0.3) is 0 Å². The minimum Gasteiger partial charge on any atom is -0.478 e. The topological polar surface area (TPSA) is 61.7 Å². The van der Waals surface area contributed by atoms with Gasteiger partial charge in [-0.3, -0.25) is 5.43 Å². The van der Waals surface area contributed by atoms with Gasteiger partial charge in [-0.1, -0.05) is 29.3 Å². The molecule has 0 saturated carbocycles. The summed E-state index contributed by atoms with van der Waals surface area (Å²) in [4.78, 5) is 12.0. The van der Waals surface area contributed by atoms with Crippen LogP contribution in [-0.4, -0.2) is 23.0 Å². The first-order valence-electron chi connectivity index (χ1n) is 6.98. The molecule has 4 nitrogen and oxygen atoms in total. The molecule has 7 heteroatoms. The summed E-state index contributed by atoms with van der Waals surface area (Å²) in [6.45, 7) is 0. The molecule has 3 rings (SSSR count). The van der Waals surface area contributed by atoms with Crippen LogP contribution in [-0.2, 0) is 0 Å². The van der Waals surface area contributed by atoms with E-state index in [-0.39, 0.29) is 5.56 Å². The zero-order chi connectivity index (χ0) is 17.1. The Morgan fingerprint density at radius 2 is 2.08 bits per heavy atom. The summed E-state index contributed by atoms with van der Waals surface area (Å²) >= 11 is 14.1. The summed E-state index contributed by atoms with van der Waals surface area (Å²) in [6, 6.07) is 12.1. The smallest absolute Gasteiger partial charge is 0.335 e. The molecule has 0 aromatic heterocycles. The van der Waals surface area contributed by atoms with Gasteiger partial charge in [0.1, 0.15) is 0 Å². The molecule has 2 N–H and O–H groups in total. The fourth-order valence-electron chi connectivity index (χ4n) is 2.19. The predicted octanol–water partition coefficient (Wildman–Crippen LogP) is 5.19. The third-order valence-electron chi connectivity index (χ3n) is 3.37. The molecule has 122 valence electrons. The van der Waals surface area contributed by atoms with Crippen LogP contribution in [0.15, 0.2) is 58.0 Å². The number of thioether (sulfide) groups is 1. The molecule has 0 saturated heterocycles. The highest BCUT2D eigenvalue weighted by molar-refractivity contribution is 7.99. The number of hydrogen-bond donors (Lipinski definition) is 2. The lowest BCUT2D eigenvalue weighted by Crippen LogP contribution is -2.02. The minimum absolute atomic E-state index is 0.198. The van der Waals surface area contributed by atoms with Crippen molar-refractivity contribution in [1.82, 2.24) is 0 Å². The molecule has 0 unspecified atom stereocenters. The van der Waals surface area contributed by atoms with E-state index < -0.39 is 5.97 Å². The maximum Gasteiger partial charge on any atom is 0.335 e. The van der Waals surface area contributed by atoms with E-state index in [2.05, 4.69) is 10.5 Å². The first kappa shape index (κ1) is 16.9. The van der Waals surface area contributed by atoms with E-state index >= 15 is 0 Å². The molecule has 1 heterocycles. The Bertz CT molecular complexity index is 865. The second-order valence-electron chi connectivity index (χ2n) is 5.02. The average Bonchev–Trinajstić information content (AvgIpc) is 2.58. The number of fused-ring (bicyclic) bond motifs is 1. The van der Waals surface area contributed by atoms with Crippen molar-refractivity contribution in [3.63, 3.8) is 0 Å². The number of benzene rings is 2. The zero-order valence-electron chi connectivity index (χ0n) is 12.3. The largest absolute Gasteiger partial charge is 0.478 e. The van der Waals surface area contributed by atoms with Gasteiger partial charge >= 0.3 is 5.97 Å². The maximum absolute atomic E-state index is 11.0. The number of carboxylic acids is 1. The van der Waals surface area contributed by atoms with E-state index in [0.717, 1.165) is 16.0 Å². The van der Waals surface area contributed by atoms with E-state index in [0.29, 0.717) is 21.5 Å². The van der Waals surface area contributed by atoms with Crippen LogP contribution in [0.2, 0.25) is 5.02 Å². The van der Waals surface area contributed by atoms with Crippen molar-refractivity contribution in [3.8, 4) is 0 Å². The number of rotatable bonds is 4. The normalized spacial score (nSPS) is 13.9. The second kappa shape index (κ2) is 7.30. The molecular weight excluding hydrogens is 367 g/mol. The van der Waals surface area contributed by atoms with Gasteiger partial charge in [0.2, 0.25) is 0 Å². The molecule has 1 aliphatic heterocycles. The van der Waals surface area contributed by atoms with Crippen molar-refractivity contribution in [1.29, 1.82) is 0 Å². The van der Waals surface area contributed by atoms with E-state index in [1.165, 1.54) is 12.1 Å². The van der Waals surface area contributed by atoms with Gasteiger partial charge in [0.15, 0.2) is 0 Å². The van der Waals surface area contributed by atoms with Gasteiger partial charge < -0.3 is 5.11 Å². The number of hydrogen-bond acceptors (Lipinski definition) is 4. The summed E-state index contributed by atoms with van der Waals surface area (Å²) in [5, 5.41) is 14.4. The number of hydrazone groups is 1. The van der Waals surface area contributed by atoms with Gasteiger partial charge in [0.05, 0.1) is 22.5 Å². The third-order valence-corrected chi connectivity index (χ3v) is 5.17. The molecule has 0 bridgehead atoms. The summed E-state index contributed by atoms with van der Waals surface area (Å²) < 4.78 is 0. The molecule has 2 aromatic rings. The monoisotopic (exact) mass is 378 g/mol. The number of nitrogens with zero attached hydrogens (tertiary/aromatic N) is 1. The second-order valence-corrected chi connectivity index (χ2v) is 6.86. The molecular formula is C17H12Cl2N2O2S. The van der Waals surface area contributed by atoms with Crippen molar-refractivity contribution in [2.24, 2.45) is 5.10 Å². The molecule has 0 radical (unpaired) electrons. The van der Waals surface area contributed by atoms with E-state index in [9.17, 15) is 4.79 Å². The van der Waals surface area contributed by atoms with Crippen LogP contribution in [0.5, 0.6) is 0 Å². The Morgan fingerprint density at radius 1 is 1.25 bits per heavy atom. The molecule has 0 spiro atoms. The van der Waals surface area contributed by atoms with E-state index in [1.54, 1.807) is 30.1 Å². The number of nitrogens with one attached hydrogen (secondary N) is 1. The summed E-state index contributed by atoms with van der Waals surface area (Å²) in [7, 11) is 0. The van der Waals surface area contributed by atoms with Crippen molar-refractivity contribution in [3.05, 3.63) is 64.2 Å². The van der Waals surface area contributed by atoms with Crippen LogP contribution in [0.25, 0.3) is 5.03 Å². The number of anilines is 1. The van der Waals surface area contributed by atoms with Gasteiger partial charge in [-0.05, 0) is 36.4 Å². The number of aromatic carboxylic acids is 1. The van der Waals surface area contributed by atoms with E-state index in [1.807, 2.05) is 18.2 Å². The lowest BCUT2D eigenvalue weighted by molar-refractivity contribution is 0.0697. The Morgan fingerprint density at radius 3 is 2.88 bits per heavy atom. The Balaban J connectivity index is 1.78. The fourth-order valence-corrected chi connectivity index (χ4v) is 3.78. The minimum atomic E-state index is -0.981. The first-order valence-corrected chi connectivity index (χ1v) is 8.72. The van der Waals surface area contributed by atoms with Crippen molar-refractivity contribution in [2.45, 2.75) is 4.90 Å². The van der Waals surface area contributed by atoms with Crippen molar-refractivity contribution < 1.29 is 9.90 Å². The third kappa shape index (κ3) is 3.75. The van der Waals surface area contributed by atoms with Crippen LogP contribution >= 0.6 is 35.0 Å². The summed E-state index contributed by atoms with van der Waals surface area (Å²) in [5.41, 5.74) is 5.38. The van der Waals surface area contributed by atoms with E-state index in [4.69, 9.17) is 28.3 Å². The standard InChI is InChI=1S/C17H12Cl2N2O2S/c18-12-4-5-15-14(7-12)16(19)11(9-24-15)8-20-21-13-3-1-2-10(6-13)17(22)23/h1-8,21H,9H2,(H,22,23)/b20-8+. The number of halogens is 2. The van der Waals surface area contributed by atoms with Crippen LogP contribution in [0, 0.1) is 0 Å². The van der Waals surface area contributed by atoms with Gasteiger partial charge in [0, 0.05) is 26.8 Å². The van der Waals surface area contributed by atoms with Crippen LogP contribution in [0.3, 0.4) is 0 Å². The predicted molar refractivity (Wildman–Crippen MR) is 100 cm³/mol. The number of carbonyl (C=O) groups is 1. The van der Waals surface area contributed by atoms with Gasteiger partial charge in [-0.15, -0.1) is 11.8 Å². The Hall–Kier alpha value is -1.95. The summed E-state index contributed by atoms with van der Waals surface area (Å²) in [6.07, 6.45) is 1.65. The van der Waals surface area contributed by atoms with Crippen LogP contribution in [0.1, 0.15) is 15.9 Å². The molecule has 1 aliphatic rings. The van der Waals surface area contributed by atoms with Gasteiger partial charge in [-0.2, -0.15) is 5.10 Å². The van der Waals surface area contributed by atoms with Crippen molar-refractivity contribution >= 4 is 57.9 Å². The van der Waals surface area contributed by atoms with Gasteiger partial charge in [-0.25, -0.2) is 4.79 Å². The molecule has 2 aromatic carbocycles. The van der Waals surface area contributed by atoms with Crippen LogP contribution < -0.4 is 5.43 Å².